The summed E-state index contributed by atoms with van der Waals surface area (Å²) in [5, 5.41) is 0.749. The van der Waals surface area contributed by atoms with E-state index in [9.17, 15) is 8.42 Å². The third kappa shape index (κ3) is 3.93. The molecule has 0 amide bonds. The molecule has 0 aliphatic carbocycles. The van der Waals surface area contributed by atoms with Crippen LogP contribution in [0.5, 0.6) is 11.5 Å². The topological polar surface area (TPSA) is 72.0 Å². The van der Waals surface area contributed by atoms with Gasteiger partial charge in [0.05, 0.1) is 16.1 Å². The van der Waals surface area contributed by atoms with Gasteiger partial charge in [0, 0.05) is 49.5 Å². The predicted octanol–water partition coefficient (Wildman–Crippen LogP) is 4.17. The molecule has 1 saturated heterocycles. The van der Waals surface area contributed by atoms with Crippen LogP contribution in [-0.4, -0.2) is 52.8 Å². The van der Waals surface area contributed by atoms with Crippen LogP contribution in [0.4, 0.5) is 11.4 Å². The van der Waals surface area contributed by atoms with Gasteiger partial charge in [0.25, 0.3) is 0 Å². The maximum Gasteiger partial charge on any atom is 0.210 e. The van der Waals surface area contributed by atoms with Crippen molar-refractivity contribution < 1.29 is 17.9 Å². The number of piperazine rings is 1. The standard InChI is InChI=1S/C27H25N3O4S/c31-35(32,21-9-5-2-6-10-21)26-19-28-23-18-25-24(33-15-16-34-25)17-22(23)27(26)30-13-11-29(12-14-30)20-7-3-1-4-8-20/h1-10,17-19H,11-16H2. The predicted molar refractivity (Wildman–Crippen MR) is 135 cm³/mol. The quantitative estimate of drug-likeness (QED) is 0.428. The molecule has 0 radical (unpaired) electrons. The van der Waals surface area contributed by atoms with Crippen molar-refractivity contribution in [1.82, 2.24) is 4.98 Å². The number of hydrogen-bond acceptors (Lipinski definition) is 7. The molecule has 0 saturated carbocycles. The Hall–Kier alpha value is -3.78. The normalized spacial score (nSPS) is 15.9. The molecule has 7 nitrogen and oxygen atoms in total. The van der Waals surface area contributed by atoms with E-state index in [-0.39, 0.29) is 9.79 Å². The number of nitrogens with zero attached hydrogens (tertiary/aromatic N) is 3. The Labute approximate surface area is 204 Å². The number of ether oxygens (including phenoxy) is 2. The molecule has 0 unspecified atom stereocenters. The average Bonchev–Trinajstić information content (AvgIpc) is 2.92. The summed E-state index contributed by atoms with van der Waals surface area (Å²) in [6.07, 6.45) is 1.49. The van der Waals surface area contributed by atoms with E-state index in [2.05, 4.69) is 26.9 Å². The van der Waals surface area contributed by atoms with Gasteiger partial charge in [-0.05, 0) is 30.3 Å². The molecule has 0 spiro atoms. The highest BCUT2D eigenvalue weighted by atomic mass is 32.2. The van der Waals surface area contributed by atoms with Crippen LogP contribution in [0, 0.1) is 0 Å². The Morgan fingerprint density at radius 3 is 2.03 bits per heavy atom. The number of aromatic nitrogens is 1. The van der Waals surface area contributed by atoms with E-state index in [0.717, 1.165) is 18.5 Å². The smallest absolute Gasteiger partial charge is 0.210 e. The van der Waals surface area contributed by atoms with Crippen LogP contribution in [-0.2, 0) is 9.84 Å². The van der Waals surface area contributed by atoms with E-state index in [0.29, 0.717) is 49.0 Å². The minimum atomic E-state index is -3.79. The summed E-state index contributed by atoms with van der Waals surface area (Å²) in [6, 6.07) is 22.5. The van der Waals surface area contributed by atoms with Gasteiger partial charge in [0.1, 0.15) is 18.1 Å². The third-order valence-electron chi connectivity index (χ3n) is 6.53. The zero-order valence-electron chi connectivity index (χ0n) is 19.1. The number of rotatable bonds is 4. The molecule has 3 heterocycles. The first-order valence-corrected chi connectivity index (χ1v) is 13.2. The Balaban J connectivity index is 1.47. The molecule has 1 fully saturated rings. The van der Waals surface area contributed by atoms with E-state index in [1.54, 1.807) is 24.3 Å². The molecule has 3 aromatic carbocycles. The second kappa shape index (κ2) is 8.78. The molecule has 0 bridgehead atoms. The molecule has 35 heavy (non-hydrogen) atoms. The molecule has 178 valence electrons. The van der Waals surface area contributed by atoms with Crippen molar-refractivity contribution in [3.8, 4) is 11.5 Å². The first-order valence-electron chi connectivity index (χ1n) is 11.7. The average molecular weight is 488 g/mol. The summed E-state index contributed by atoms with van der Waals surface area (Å²) >= 11 is 0. The van der Waals surface area contributed by atoms with E-state index in [1.165, 1.54) is 11.9 Å². The van der Waals surface area contributed by atoms with Crippen molar-refractivity contribution in [2.45, 2.75) is 9.79 Å². The third-order valence-corrected chi connectivity index (χ3v) is 8.30. The maximum absolute atomic E-state index is 13.8. The van der Waals surface area contributed by atoms with E-state index in [4.69, 9.17) is 9.47 Å². The lowest BCUT2D eigenvalue weighted by Crippen LogP contribution is -2.47. The highest BCUT2D eigenvalue weighted by Crippen LogP contribution is 2.41. The number of anilines is 2. The molecule has 4 aromatic rings. The number of fused-ring (bicyclic) bond motifs is 2. The van der Waals surface area contributed by atoms with Crippen LogP contribution < -0.4 is 19.3 Å². The van der Waals surface area contributed by atoms with Crippen LogP contribution in [0.1, 0.15) is 0 Å². The largest absolute Gasteiger partial charge is 0.486 e. The van der Waals surface area contributed by atoms with Crippen molar-refractivity contribution in [3.05, 3.63) is 79.0 Å². The zero-order chi connectivity index (χ0) is 23.8. The van der Waals surface area contributed by atoms with Crippen LogP contribution in [0.15, 0.2) is 88.8 Å². The molecule has 2 aliphatic heterocycles. The first kappa shape index (κ1) is 21.7. The summed E-state index contributed by atoms with van der Waals surface area (Å²) in [5.41, 5.74) is 2.52. The van der Waals surface area contributed by atoms with E-state index < -0.39 is 9.84 Å². The Kier molecular flexibility index (Phi) is 5.45. The van der Waals surface area contributed by atoms with Crippen molar-refractivity contribution in [1.29, 1.82) is 0 Å². The molecule has 0 N–H and O–H groups in total. The van der Waals surface area contributed by atoms with Gasteiger partial charge in [-0.15, -0.1) is 0 Å². The van der Waals surface area contributed by atoms with Gasteiger partial charge >= 0.3 is 0 Å². The fourth-order valence-electron chi connectivity index (χ4n) is 4.77. The second-order valence-corrected chi connectivity index (χ2v) is 10.5. The number of hydrogen-bond donors (Lipinski definition) is 0. The summed E-state index contributed by atoms with van der Waals surface area (Å²) < 4.78 is 39.1. The lowest BCUT2D eigenvalue weighted by molar-refractivity contribution is 0.172. The van der Waals surface area contributed by atoms with Gasteiger partial charge in [0.15, 0.2) is 11.5 Å². The Bertz CT molecular complexity index is 1470. The van der Waals surface area contributed by atoms with Gasteiger partial charge in [-0.25, -0.2) is 8.42 Å². The summed E-state index contributed by atoms with van der Waals surface area (Å²) in [5.74, 6) is 1.25. The van der Waals surface area contributed by atoms with Gasteiger partial charge < -0.3 is 19.3 Å². The van der Waals surface area contributed by atoms with Gasteiger partial charge in [-0.2, -0.15) is 0 Å². The molecule has 6 rings (SSSR count). The lowest BCUT2D eigenvalue weighted by Gasteiger charge is -2.38. The van der Waals surface area contributed by atoms with Gasteiger partial charge in [-0.3, -0.25) is 4.98 Å². The fraction of sp³-hybridized carbons (Fsp3) is 0.222. The van der Waals surface area contributed by atoms with Gasteiger partial charge in [0.2, 0.25) is 9.84 Å². The van der Waals surface area contributed by atoms with Crippen LogP contribution >= 0.6 is 0 Å². The molecule has 8 heteroatoms. The monoisotopic (exact) mass is 487 g/mol. The number of para-hydroxylation sites is 1. The minimum Gasteiger partial charge on any atom is -0.486 e. The number of benzene rings is 3. The zero-order valence-corrected chi connectivity index (χ0v) is 19.9. The molecule has 0 atom stereocenters. The highest BCUT2D eigenvalue weighted by molar-refractivity contribution is 7.91. The van der Waals surface area contributed by atoms with Crippen LogP contribution in [0.3, 0.4) is 0 Å². The van der Waals surface area contributed by atoms with E-state index in [1.807, 2.05) is 36.4 Å². The molecule has 2 aliphatic rings. The van der Waals surface area contributed by atoms with Gasteiger partial charge in [-0.1, -0.05) is 36.4 Å². The fourth-order valence-corrected chi connectivity index (χ4v) is 6.23. The van der Waals surface area contributed by atoms with Crippen LogP contribution in [0.25, 0.3) is 10.9 Å². The van der Waals surface area contributed by atoms with Crippen molar-refractivity contribution in [3.63, 3.8) is 0 Å². The Morgan fingerprint density at radius 1 is 0.743 bits per heavy atom. The van der Waals surface area contributed by atoms with E-state index >= 15 is 0 Å². The first-order chi connectivity index (χ1) is 17.1. The maximum atomic E-state index is 13.8. The van der Waals surface area contributed by atoms with Crippen molar-refractivity contribution >= 4 is 32.1 Å². The Morgan fingerprint density at radius 2 is 1.34 bits per heavy atom. The minimum absolute atomic E-state index is 0.209. The highest BCUT2D eigenvalue weighted by Gasteiger charge is 2.30. The molecular weight excluding hydrogens is 462 g/mol. The summed E-state index contributed by atoms with van der Waals surface area (Å²) in [7, 11) is -3.79. The lowest BCUT2D eigenvalue weighted by atomic mass is 10.1. The number of pyridine rings is 1. The second-order valence-electron chi connectivity index (χ2n) is 8.61. The SMILES string of the molecule is O=S(=O)(c1ccccc1)c1cnc2cc3c(cc2c1N1CCN(c2ccccc2)CC1)OCCO3. The van der Waals surface area contributed by atoms with Crippen molar-refractivity contribution in [2.75, 3.05) is 49.2 Å². The number of sulfone groups is 1. The summed E-state index contributed by atoms with van der Waals surface area (Å²) in [6.45, 7) is 3.86. The molecular formula is C27H25N3O4S. The van der Waals surface area contributed by atoms with Crippen LogP contribution in [0.2, 0.25) is 0 Å². The summed E-state index contributed by atoms with van der Waals surface area (Å²) in [4.78, 5) is 9.49. The van der Waals surface area contributed by atoms with Crippen molar-refractivity contribution in [2.24, 2.45) is 0 Å². The molecule has 1 aromatic heterocycles.